The predicted octanol–water partition coefficient (Wildman–Crippen LogP) is 1.85. The van der Waals surface area contributed by atoms with Gasteiger partial charge in [0.25, 0.3) is 5.91 Å². The van der Waals surface area contributed by atoms with Crippen LogP contribution in [0.2, 0.25) is 0 Å². The smallest absolute Gasteiger partial charge is 0.305 e. The molecule has 3 heterocycles. The lowest BCUT2D eigenvalue weighted by atomic mass is 10.1. The number of aromatic nitrogens is 2. The Morgan fingerprint density at radius 2 is 2.07 bits per heavy atom. The normalized spacial score (nSPS) is 14.8. The minimum absolute atomic E-state index is 0.236. The Morgan fingerprint density at radius 1 is 1.31 bits per heavy atom. The first-order chi connectivity index (χ1) is 14.0. The van der Waals surface area contributed by atoms with Crippen LogP contribution in [-0.2, 0) is 27.2 Å². The van der Waals surface area contributed by atoms with Gasteiger partial charge in [-0.25, -0.2) is 4.98 Å². The number of carbonyl (C=O) groups is 2. The van der Waals surface area contributed by atoms with Crippen molar-refractivity contribution in [1.82, 2.24) is 14.5 Å². The van der Waals surface area contributed by atoms with E-state index in [1.807, 2.05) is 12.3 Å². The molecule has 0 aliphatic carbocycles. The monoisotopic (exact) mass is 420 g/mol. The minimum Gasteiger partial charge on any atom is -0.469 e. The number of amides is 1. The summed E-state index contributed by atoms with van der Waals surface area (Å²) in [6.07, 6.45) is 3.34. The molecule has 1 aliphatic rings. The van der Waals surface area contributed by atoms with E-state index in [9.17, 15) is 9.59 Å². The molecular weight excluding hydrogens is 392 g/mol. The molecule has 0 atom stereocenters. The molecule has 3 rings (SSSR count). The first-order valence-electron chi connectivity index (χ1n) is 9.81. The van der Waals surface area contributed by atoms with Gasteiger partial charge in [-0.05, 0) is 19.8 Å². The van der Waals surface area contributed by atoms with E-state index in [4.69, 9.17) is 15.2 Å². The Labute approximate surface area is 174 Å². The molecule has 9 heteroatoms. The summed E-state index contributed by atoms with van der Waals surface area (Å²) in [7, 11) is 1.38. The molecule has 0 bridgehead atoms. The number of rotatable bonds is 9. The quantitative estimate of drug-likeness (QED) is 0.622. The maximum Gasteiger partial charge on any atom is 0.305 e. The molecule has 2 aromatic rings. The highest BCUT2D eigenvalue weighted by Crippen LogP contribution is 2.35. The molecule has 0 radical (unpaired) electrons. The number of nitrogens with two attached hydrogens (primary N) is 1. The van der Waals surface area contributed by atoms with Gasteiger partial charge in [-0.3, -0.25) is 14.5 Å². The number of hydrogen-bond acceptors (Lipinski definition) is 7. The zero-order valence-electron chi connectivity index (χ0n) is 17.0. The molecule has 1 amide bonds. The SMILES string of the molecule is COC(=O)CCc1c(-c2nccs2)c(C(N)=O)c(C)n1CCCN1CCOCC1. The van der Waals surface area contributed by atoms with Gasteiger partial charge in [-0.15, -0.1) is 11.3 Å². The number of nitrogens with zero attached hydrogens (tertiary/aromatic N) is 3. The fourth-order valence-electron chi connectivity index (χ4n) is 3.84. The fourth-order valence-corrected chi connectivity index (χ4v) is 4.55. The first kappa shape index (κ1) is 21.5. The van der Waals surface area contributed by atoms with Crippen LogP contribution in [0.1, 0.15) is 34.6 Å². The second-order valence-electron chi connectivity index (χ2n) is 7.02. The molecule has 1 saturated heterocycles. The molecular formula is C20H28N4O4S. The number of morpholine rings is 1. The predicted molar refractivity (Wildman–Crippen MR) is 111 cm³/mol. The standard InChI is InChI=1S/C20H28N4O4S/c1-14-17(19(21)26)18(20-22-6-13-29-20)15(4-5-16(25)27-2)24(14)8-3-7-23-9-11-28-12-10-23/h6,13H,3-5,7-12H2,1-2H3,(H2,21,26). The van der Waals surface area contributed by atoms with Crippen LogP contribution >= 0.6 is 11.3 Å². The molecule has 1 fully saturated rings. The largest absolute Gasteiger partial charge is 0.469 e. The zero-order chi connectivity index (χ0) is 20.8. The van der Waals surface area contributed by atoms with Crippen molar-refractivity contribution in [3.63, 3.8) is 0 Å². The Morgan fingerprint density at radius 3 is 2.69 bits per heavy atom. The molecule has 8 nitrogen and oxygen atoms in total. The third kappa shape index (κ3) is 5.04. The summed E-state index contributed by atoms with van der Waals surface area (Å²) in [6.45, 7) is 7.03. The first-order valence-corrected chi connectivity index (χ1v) is 10.7. The summed E-state index contributed by atoms with van der Waals surface area (Å²) in [4.78, 5) is 30.9. The number of esters is 1. The fraction of sp³-hybridized carbons (Fsp3) is 0.550. The van der Waals surface area contributed by atoms with Gasteiger partial charge < -0.3 is 19.8 Å². The molecule has 29 heavy (non-hydrogen) atoms. The Hall–Kier alpha value is -2.23. The third-order valence-electron chi connectivity index (χ3n) is 5.28. The van der Waals surface area contributed by atoms with Crippen molar-refractivity contribution in [2.45, 2.75) is 32.7 Å². The summed E-state index contributed by atoms with van der Waals surface area (Å²) in [6, 6.07) is 0. The lowest BCUT2D eigenvalue weighted by Crippen LogP contribution is -2.37. The van der Waals surface area contributed by atoms with Crippen molar-refractivity contribution >= 4 is 23.2 Å². The van der Waals surface area contributed by atoms with Crippen molar-refractivity contribution in [2.75, 3.05) is 40.0 Å². The molecule has 0 aromatic carbocycles. The number of thiazole rings is 1. The third-order valence-corrected chi connectivity index (χ3v) is 6.07. The van der Waals surface area contributed by atoms with E-state index >= 15 is 0 Å². The van der Waals surface area contributed by atoms with Crippen molar-refractivity contribution in [3.05, 3.63) is 28.5 Å². The van der Waals surface area contributed by atoms with Gasteiger partial charge in [0, 0.05) is 54.7 Å². The molecule has 0 spiro atoms. The number of carbonyl (C=O) groups excluding carboxylic acids is 2. The lowest BCUT2D eigenvalue weighted by molar-refractivity contribution is -0.140. The second kappa shape index (κ2) is 10.00. The van der Waals surface area contributed by atoms with E-state index in [1.165, 1.54) is 18.4 Å². The Balaban J connectivity index is 1.90. The number of primary amides is 1. The van der Waals surface area contributed by atoms with E-state index in [0.29, 0.717) is 12.0 Å². The van der Waals surface area contributed by atoms with Gasteiger partial charge in [0.1, 0.15) is 5.01 Å². The van der Waals surface area contributed by atoms with Crippen molar-refractivity contribution in [1.29, 1.82) is 0 Å². The van der Waals surface area contributed by atoms with Crippen molar-refractivity contribution in [3.8, 4) is 10.6 Å². The van der Waals surface area contributed by atoms with Gasteiger partial charge in [0.05, 0.1) is 32.3 Å². The van der Waals surface area contributed by atoms with E-state index in [-0.39, 0.29) is 12.4 Å². The van der Waals surface area contributed by atoms with Gasteiger partial charge >= 0.3 is 5.97 Å². The van der Waals surface area contributed by atoms with Crippen LogP contribution in [0.25, 0.3) is 10.6 Å². The molecule has 0 saturated carbocycles. The molecule has 158 valence electrons. The number of ether oxygens (including phenoxy) is 2. The van der Waals surface area contributed by atoms with E-state index in [2.05, 4.69) is 14.5 Å². The summed E-state index contributed by atoms with van der Waals surface area (Å²) in [5.74, 6) is -0.756. The second-order valence-corrected chi connectivity index (χ2v) is 7.91. The minimum atomic E-state index is -0.473. The molecule has 2 aromatic heterocycles. The highest BCUT2D eigenvalue weighted by atomic mass is 32.1. The van der Waals surface area contributed by atoms with Crippen LogP contribution in [-0.4, -0.2) is 66.3 Å². The van der Waals surface area contributed by atoms with Gasteiger partial charge in [0.15, 0.2) is 0 Å². The lowest BCUT2D eigenvalue weighted by Gasteiger charge is -2.26. The number of hydrogen-bond donors (Lipinski definition) is 1. The van der Waals surface area contributed by atoms with Crippen LogP contribution in [0, 0.1) is 6.92 Å². The highest BCUT2D eigenvalue weighted by Gasteiger charge is 2.26. The average Bonchev–Trinajstić information content (AvgIpc) is 3.33. The van der Waals surface area contributed by atoms with E-state index in [0.717, 1.165) is 67.8 Å². The van der Waals surface area contributed by atoms with Gasteiger partial charge in [-0.1, -0.05) is 0 Å². The van der Waals surface area contributed by atoms with Crippen LogP contribution in [0.5, 0.6) is 0 Å². The summed E-state index contributed by atoms with van der Waals surface area (Å²) < 4.78 is 12.3. The van der Waals surface area contributed by atoms with Crippen LogP contribution < -0.4 is 5.73 Å². The number of methoxy groups -OCH3 is 1. The topological polar surface area (TPSA) is 99.7 Å². The van der Waals surface area contributed by atoms with Gasteiger partial charge in [0.2, 0.25) is 0 Å². The Bertz CT molecular complexity index is 841. The maximum atomic E-state index is 12.3. The Kier molecular flexibility index (Phi) is 7.40. The average molecular weight is 421 g/mol. The zero-order valence-corrected chi connectivity index (χ0v) is 17.8. The van der Waals surface area contributed by atoms with Crippen LogP contribution in [0.15, 0.2) is 11.6 Å². The van der Waals surface area contributed by atoms with Gasteiger partial charge in [-0.2, -0.15) is 0 Å². The van der Waals surface area contributed by atoms with E-state index in [1.54, 1.807) is 6.20 Å². The van der Waals surface area contributed by atoms with E-state index < -0.39 is 5.91 Å². The highest BCUT2D eigenvalue weighted by molar-refractivity contribution is 7.13. The molecule has 2 N–H and O–H groups in total. The maximum absolute atomic E-state index is 12.3. The van der Waals surface area contributed by atoms with Crippen molar-refractivity contribution < 1.29 is 19.1 Å². The van der Waals surface area contributed by atoms with Crippen molar-refractivity contribution in [2.24, 2.45) is 5.73 Å². The molecule has 0 unspecified atom stereocenters. The summed E-state index contributed by atoms with van der Waals surface area (Å²) >= 11 is 1.46. The van der Waals surface area contributed by atoms with Crippen LogP contribution in [0.3, 0.4) is 0 Å². The van der Waals surface area contributed by atoms with Crippen LogP contribution in [0.4, 0.5) is 0 Å². The molecule has 1 aliphatic heterocycles. The summed E-state index contributed by atoms with van der Waals surface area (Å²) in [5.41, 5.74) is 8.72. The summed E-state index contributed by atoms with van der Waals surface area (Å²) in [5, 5.41) is 2.61.